The number of hydrogen-bond acceptors (Lipinski definition) is 3. The van der Waals surface area contributed by atoms with Gasteiger partial charge in [-0.05, 0) is 38.3 Å². The van der Waals surface area contributed by atoms with E-state index in [0.29, 0.717) is 5.88 Å². The summed E-state index contributed by atoms with van der Waals surface area (Å²) in [7, 11) is 0. The van der Waals surface area contributed by atoms with Crippen molar-refractivity contribution < 1.29 is 4.74 Å². The van der Waals surface area contributed by atoms with Gasteiger partial charge in [-0.15, -0.1) is 11.6 Å². The normalized spacial score (nSPS) is 23.3. The highest BCUT2D eigenvalue weighted by Gasteiger charge is 2.31. The molecule has 5 heteroatoms. The summed E-state index contributed by atoms with van der Waals surface area (Å²) in [5, 5.41) is 0. The number of fused-ring (bicyclic) bond motifs is 1. The summed E-state index contributed by atoms with van der Waals surface area (Å²) in [5.74, 6) is 1.27. The molecule has 0 N–H and O–H groups in total. The standard InChI is InChI=1S/C14H18ClN3O/c1-10-4-6-16-13-12(10)17-11(8-15)18(13)9-14(2)5-3-7-19-14/h4,6H,3,5,7-9H2,1-2H3. The number of hydrogen-bond donors (Lipinski definition) is 0. The summed E-state index contributed by atoms with van der Waals surface area (Å²) in [5.41, 5.74) is 2.86. The van der Waals surface area contributed by atoms with Crippen molar-refractivity contribution in [3.05, 3.63) is 23.7 Å². The lowest BCUT2D eigenvalue weighted by molar-refractivity contribution is 0.00650. The van der Waals surface area contributed by atoms with E-state index in [1.54, 1.807) is 0 Å². The quantitative estimate of drug-likeness (QED) is 0.811. The first-order chi connectivity index (χ1) is 9.13. The molecule has 1 aliphatic heterocycles. The van der Waals surface area contributed by atoms with Gasteiger partial charge in [0, 0.05) is 12.8 Å². The molecule has 2 aromatic heterocycles. The van der Waals surface area contributed by atoms with Crippen LogP contribution in [0.4, 0.5) is 0 Å². The van der Waals surface area contributed by atoms with Crippen molar-refractivity contribution in [1.82, 2.24) is 14.5 Å². The molecule has 0 saturated carbocycles. The van der Waals surface area contributed by atoms with Gasteiger partial charge < -0.3 is 9.30 Å². The minimum absolute atomic E-state index is 0.125. The second-order valence-electron chi connectivity index (χ2n) is 5.45. The lowest BCUT2D eigenvalue weighted by atomic mass is 10.0. The summed E-state index contributed by atoms with van der Waals surface area (Å²) >= 11 is 6.03. The highest BCUT2D eigenvalue weighted by molar-refractivity contribution is 6.16. The van der Waals surface area contributed by atoms with Crippen LogP contribution in [0.15, 0.2) is 12.3 Å². The lowest BCUT2D eigenvalue weighted by Gasteiger charge is -2.24. The number of ether oxygens (including phenoxy) is 1. The highest BCUT2D eigenvalue weighted by Crippen LogP contribution is 2.29. The molecule has 4 nitrogen and oxygen atoms in total. The smallest absolute Gasteiger partial charge is 0.160 e. The minimum atomic E-state index is -0.125. The van der Waals surface area contributed by atoms with Gasteiger partial charge in [0.1, 0.15) is 11.3 Å². The van der Waals surface area contributed by atoms with Crippen molar-refractivity contribution in [3.8, 4) is 0 Å². The summed E-state index contributed by atoms with van der Waals surface area (Å²) in [6.45, 7) is 5.81. The highest BCUT2D eigenvalue weighted by atomic mass is 35.5. The third kappa shape index (κ3) is 2.23. The number of nitrogens with zero attached hydrogens (tertiary/aromatic N) is 3. The molecule has 19 heavy (non-hydrogen) atoms. The average Bonchev–Trinajstić information content (AvgIpc) is 2.96. The van der Waals surface area contributed by atoms with Crippen LogP contribution in [-0.2, 0) is 17.2 Å². The fraction of sp³-hybridized carbons (Fsp3) is 0.571. The summed E-state index contributed by atoms with van der Waals surface area (Å²) < 4.78 is 7.98. The largest absolute Gasteiger partial charge is 0.373 e. The van der Waals surface area contributed by atoms with Crippen LogP contribution >= 0.6 is 11.6 Å². The molecule has 0 aliphatic carbocycles. The van der Waals surface area contributed by atoms with Crippen molar-refractivity contribution in [1.29, 1.82) is 0 Å². The molecular weight excluding hydrogens is 262 g/mol. The summed E-state index contributed by atoms with van der Waals surface area (Å²) in [4.78, 5) is 9.09. The van der Waals surface area contributed by atoms with E-state index in [1.807, 2.05) is 19.2 Å². The molecule has 0 aromatic carbocycles. The molecule has 1 unspecified atom stereocenters. The third-order valence-corrected chi connectivity index (χ3v) is 4.07. The Kier molecular flexibility index (Phi) is 3.23. The van der Waals surface area contributed by atoms with Crippen LogP contribution in [0, 0.1) is 6.92 Å². The van der Waals surface area contributed by atoms with Gasteiger partial charge in [-0.2, -0.15) is 0 Å². The second-order valence-corrected chi connectivity index (χ2v) is 5.72. The Hall–Kier alpha value is -1.13. The van der Waals surface area contributed by atoms with Crippen molar-refractivity contribution in [2.24, 2.45) is 0 Å². The third-order valence-electron chi connectivity index (χ3n) is 3.83. The topological polar surface area (TPSA) is 39.9 Å². The van der Waals surface area contributed by atoms with E-state index in [9.17, 15) is 0 Å². The molecular formula is C14H18ClN3O. The van der Waals surface area contributed by atoms with Gasteiger partial charge in [0.05, 0.1) is 18.0 Å². The van der Waals surface area contributed by atoms with Crippen LogP contribution in [-0.4, -0.2) is 26.7 Å². The summed E-state index contributed by atoms with van der Waals surface area (Å²) in [6.07, 6.45) is 4.01. The molecule has 0 radical (unpaired) electrons. The number of halogens is 1. The number of pyridine rings is 1. The predicted octanol–water partition coefficient (Wildman–Crippen LogP) is 3.05. The van der Waals surface area contributed by atoms with Gasteiger partial charge >= 0.3 is 0 Å². The Bertz CT molecular complexity index is 602. The van der Waals surface area contributed by atoms with Gasteiger partial charge in [-0.25, -0.2) is 9.97 Å². The fourth-order valence-electron chi connectivity index (χ4n) is 2.75. The lowest BCUT2D eigenvalue weighted by Crippen LogP contribution is -2.30. The Labute approximate surface area is 117 Å². The Morgan fingerprint density at radius 3 is 3.05 bits per heavy atom. The average molecular weight is 280 g/mol. The number of imidazole rings is 1. The van der Waals surface area contributed by atoms with E-state index in [-0.39, 0.29) is 5.60 Å². The van der Waals surface area contributed by atoms with E-state index >= 15 is 0 Å². The minimum Gasteiger partial charge on any atom is -0.373 e. The fourth-order valence-corrected chi connectivity index (χ4v) is 2.95. The van der Waals surface area contributed by atoms with Crippen LogP contribution in [0.25, 0.3) is 11.2 Å². The molecule has 0 spiro atoms. The SMILES string of the molecule is Cc1ccnc2c1nc(CCl)n2CC1(C)CCCO1. The predicted molar refractivity (Wildman–Crippen MR) is 75.4 cm³/mol. The van der Waals surface area contributed by atoms with Crippen LogP contribution in [0.2, 0.25) is 0 Å². The molecule has 3 rings (SSSR count). The van der Waals surface area contributed by atoms with E-state index in [2.05, 4.69) is 21.5 Å². The van der Waals surface area contributed by atoms with Crippen molar-refractivity contribution in [3.63, 3.8) is 0 Å². The Morgan fingerprint density at radius 1 is 1.53 bits per heavy atom. The second kappa shape index (κ2) is 4.76. The van der Waals surface area contributed by atoms with Gasteiger partial charge in [-0.1, -0.05) is 0 Å². The van der Waals surface area contributed by atoms with E-state index < -0.39 is 0 Å². The van der Waals surface area contributed by atoms with Gasteiger partial charge in [0.2, 0.25) is 0 Å². The molecule has 1 atom stereocenters. The van der Waals surface area contributed by atoms with Crippen molar-refractivity contribution in [2.45, 2.75) is 44.7 Å². The monoisotopic (exact) mass is 279 g/mol. The maximum atomic E-state index is 6.03. The molecule has 0 bridgehead atoms. The van der Waals surface area contributed by atoms with Crippen LogP contribution in [0.5, 0.6) is 0 Å². The molecule has 3 heterocycles. The first kappa shape index (κ1) is 12.9. The Morgan fingerprint density at radius 2 is 2.37 bits per heavy atom. The molecule has 1 aliphatic rings. The molecule has 1 fully saturated rings. The number of aromatic nitrogens is 3. The summed E-state index contributed by atoms with van der Waals surface area (Å²) in [6, 6.07) is 1.98. The van der Waals surface area contributed by atoms with E-state index in [4.69, 9.17) is 16.3 Å². The molecule has 0 amide bonds. The zero-order chi connectivity index (χ0) is 13.5. The van der Waals surface area contributed by atoms with Crippen LogP contribution < -0.4 is 0 Å². The Balaban J connectivity index is 2.08. The molecule has 102 valence electrons. The zero-order valence-electron chi connectivity index (χ0n) is 11.3. The van der Waals surface area contributed by atoms with Crippen LogP contribution in [0.3, 0.4) is 0 Å². The molecule has 1 saturated heterocycles. The van der Waals surface area contributed by atoms with E-state index in [1.165, 1.54) is 0 Å². The van der Waals surface area contributed by atoms with Gasteiger partial charge in [-0.3, -0.25) is 0 Å². The molecule has 2 aromatic rings. The van der Waals surface area contributed by atoms with E-state index in [0.717, 1.165) is 48.5 Å². The maximum Gasteiger partial charge on any atom is 0.160 e. The first-order valence-electron chi connectivity index (χ1n) is 6.64. The van der Waals surface area contributed by atoms with Crippen LogP contribution in [0.1, 0.15) is 31.2 Å². The van der Waals surface area contributed by atoms with Gasteiger partial charge in [0.25, 0.3) is 0 Å². The number of rotatable bonds is 3. The first-order valence-corrected chi connectivity index (χ1v) is 7.17. The number of alkyl halides is 1. The van der Waals surface area contributed by atoms with Crippen molar-refractivity contribution >= 4 is 22.8 Å². The maximum absolute atomic E-state index is 6.03. The number of aryl methyl sites for hydroxylation is 1. The van der Waals surface area contributed by atoms with Gasteiger partial charge in [0.15, 0.2) is 5.65 Å². The van der Waals surface area contributed by atoms with Crippen molar-refractivity contribution in [2.75, 3.05) is 6.61 Å². The zero-order valence-corrected chi connectivity index (χ0v) is 12.1.